The summed E-state index contributed by atoms with van der Waals surface area (Å²) in [5, 5.41) is 14.5. The molecule has 112 valence electrons. The van der Waals surface area contributed by atoms with Gasteiger partial charge in [0.2, 0.25) is 5.13 Å². The van der Waals surface area contributed by atoms with Crippen molar-refractivity contribution in [2.75, 3.05) is 32.0 Å². The van der Waals surface area contributed by atoms with E-state index in [-0.39, 0.29) is 0 Å². The fourth-order valence-electron chi connectivity index (χ4n) is 2.68. The second-order valence-electron chi connectivity index (χ2n) is 5.57. The zero-order valence-electron chi connectivity index (χ0n) is 12.1. The molecule has 2 heterocycles. The van der Waals surface area contributed by atoms with Crippen LogP contribution in [0.1, 0.15) is 12.8 Å². The molecule has 3 rings (SSSR count). The Balaban J connectivity index is 1.59. The number of nitrogens with zero attached hydrogens (tertiary/aromatic N) is 3. The minimum absolute atomic E-state index is 0.701. The molecule has 0 saturated carbocycles. The van der Waals surface area contributed by atoms with Gasteiger partial charge in [-0.15, -0.1) is 10.2 Å². The Labute approximate surface area is 134 Å². The maximum absolute atomic E-state index is 5.90. The number of likely N-dealkylation sites (tertiary alicyclic amines) is 1. The SMILES string of the molecule is CN1CCCC(CNc2nnc(-c3ccc(Cl)cc3)s2)C1. The van der Waals surface area contributed by atoms with Gasteiger partial charge in [0.1, 0.15) is 5.01 Å². The molecular formula is C15H19ClN4S. The molecule has 1 atom stereocenters. The molecule has 1 fully saturated rings. The van der Waals surface area contributed by atoms with Gasteiger partial charge in [-0.05, 0) is 44.5 Å². The van der Waals surface area contributed by atoms with Gasteiger partial charge in [0, 0.05) is 23.7 Å². The third-order valence-electron chi connectivity index (χ3n) is 3.78. The smallest absolute Gasteiger partial charge is 0.206 e. The van der Waals surface area contributed by atoms with Crippen molar-refractivity contribution in [1.82, 2.24) is 15.1 Å². The first-order valence-electron chi connectivity index (χ1n) is 7.22. The highest BCUT2D eigenvalue weighted by Crippen LogP contribution is 2.27. The first-order valence-corrected chi connectivity index (χ1v) is 8.42. The second kappa shape index (κ2) is 6.73. The van der Waals surface area contributed by atoms with Gasteiger partial charge < -0.3 is 10.2 Å². The standard InChI is InChI=1S/C15H19ClN4S/c1-20-8-2-3-11(10-20)9-17-15-19-18-14(21-15)12-4-6-13(16)7-5-12/h4-7,11H,2-3,8-10H2,1H3,(H,17,19). The van der Waals surface area contributed by atoms with Gasteiger partial charge in [-0.3, -0.25) is 0 Å². The number of rotatable bonds is 4. The molecule has 1 aromatic carbocycles. The molecule has 6 heteroatoms. The molecular weight excluding hydrogens is 304 g/mol. The van der Waals surface area contributed by atoms with Crippen LogP contribution in [0.15, 0.2) is 24.3 Å². The molecule has 1 N–H and O–H groups in total. The van der Waals surface area contributed by atoms with Gasteiger partial charge in [-0.25, -0.2) is 0 Å². The highest BCUT2D eigenvalue weighted by Gasteiger charge is 2.17. The van der Waals surface area contributed by atoms with E-state index in [9.17, 15) is 0 Å². The lowest BCUT2D eigenvalue weighted by Gasteiger charge is -2.29. The molecule has 1 saturated heterocycles. The van der Waals surface area contributed by atoms with E-state index in [4.69, 9.17) is 11.6 Å². The van der Waals surface area contributed by atoms with Crippen LogP contribution in [0.25, 0.3) is 10.6 Å². The molecule has 2 aromatic rings. The number of halogens is 1. The largest absolute Gasteiger partial charge is 0.360 e. The topological polar surface area (TPSA) is 41.0 Å². The van der Waals surface area contributed by atoms with Crippen LogP contribution in [0.2, 0.25) is 5.02 Å². The van der Waals surface area contributed by atoms with E-state index in [1.54, 1.807) is 11.3 Å². The van der Waals surface area contributed by atoms with Crippen molar-refractivity contribution in [2.45, 2.75) is 12.8 Å². The first-order chi connectivity index (χ1) is 10.2. The van der Waals surface area contributed by atoms with Crippen molar-refractivity contribution in [3.8, 4) is 10.6 Å². The number of piperidine rings is 1. The van der Waals surface area contributed by atoms with E-state index >= 15 is 0 Å². The van der Waals surface area contributed by atoms with Crippen LogP contribution in [0.5, 0.6) is 0 Å². The van der Waals surface area contributed by atoms with Crippen molar-refractivity contribution in [3.63, 3.8) is 0 Å². The minimum atomic E-state index is 0.701. The molecule has 0 spiro atoms. The lowest BCUT2D eigenvalue weighted by molar-refractivity contribution is 0.217. The summed E-state index contributed by atoms with van der Waals surface area (Å²) in [5.74, 6) is 0.701. The number of anilines is 1. The highest BCUT2D eigenvalue weighted by atomic mass is 35.5. The number of benzene rings is 1. The van der Waals surface area contributed by atoms with Crippen LogP contribution in [0.4, 0.5) is 5.13 Å². The summed E-state index contributed by atoms with van der Waals surface area (Å²) in [6.07, 6.45) is 2.58. The van der Waals surface area contributed by atoms with Crippen molar-refractivity contribution in [3.05, 3.63) is 29.3 Å². The molecule has 0 aliphatic carbocycles. The Morgan fingerprint density at radius 3 is 2.90 bits per heavy atom. The fourth-order valence-corrected chi connectivity index (χ4v) is 3.56. The van der Waals surface area contributed by atoms with Crippen LogP contribution in [-0.4, -0.2) is 41.8 Å². The number of hydrogen-bond donors (Lipinski definition) is 1. The van der Waals surface area contributed by atoms with Crippen LogP contribution >= 0.6 is 22.9 Å². The Morgan fingerprint density at radius 1 is 1.33 bits per heavy atom. The zero-order valence-corrected chi connectivity index (χ0v) is 13.6. The fraction of sp³-hybridized carbons (Fsp3) is 0.467. The van der Waals surface area contributed by atoms with E-state index < -0.39 is 0 Å². The Morgan fingerprint density at radius 2 is 2.14 bits per heavy atom. The summed E-state index contributed by atoms with van der Waals surface area (Å²) < 4.78 is 0. The van der Waals surface area contributed by atoms with Gasteiger partial charge in [0.15, 0.2) is 0 Å². The van der Waals surface area contributed by atoms with E-state index in [0.29, 0.717) is 5.92 Å². The lowest BCUT2D eigenvalue weighted by Crippen LogP contribution is -2.35. The average Bonchev–Trinajstić information content (AvgIpc) is 2.95. The van der Waals surface area contributed by atoms with Gasteiger partial charge in [-0.2, -0.15) is 0 Å². The summed E-state index contributed by atoms with van der Waals surface area (Å²) in [5.41, 5.74) is 1.06. The molecule has 0 bridgehead atoms. The summed E-state index contributed by atoms with van der Waals surface area (Å²) in [6, 6.07) is 7.71. The Kier molecular flexibility index (Phi) is 4.73. The summed E-state index contributed by atoms with van der Waals surface area (Å²) >= 11 is 7.49. The predicted molar refractivity (Wildman–Crippen MR) is 89.1 cm³/mol. The van der Waals surface area contributed by atoms with Crippen molar-refractivity contribution in [2.24, 2.45) is 5.92 Å². The molecule has 1 aliphatic heterocycles. The zero-order chi connectivity index (χ0) is 14.7. The van der Waals surface area contributed by atoms with Crippen LogP contribution in [0, 0.1) is 5.92 Å². The third kappa shape index (κ3) is 3.93. The van der Waals surface area contributed by atoms with E-state index in [0.717, 1.165) is 33.8 Å². The van der Waals surface area contributed by atoms with Gasteiger partial charge in [-0.1, -0.05) is 35.1 Å². The molecule has 1 aromatic heterocycles. The van der Waals surface area contributed by atoms with Crippen molar-refractivity contribution in [1.29, 1.82) is 0 Å². The maximum Gasteiger partial charge on any atom is 0.206 e. The normalized spacial score (nSPS) is 19.6. The first kappa shape index (κ1) is 14.8. The van der Waals surface area contributed by atoms with E-state index in [1.165, 1.54) is 19.4 Å². The van der Waals surface area contributed by atoms with Gasteiger partial charge in [0.05, 0.1) is 0 Å². The Hall–Kier alpha value is -1.17. The second-order valence-corrected chi connectivity index (χ2v) is 6.98. The molecule has 0 amide bonds. The number of aromatic nitrogens is 2. The van der Waals surface area contributed by atoms with E-state index in [2.05, 4.69) is 27.5 Å². The average molecular weight is 323 g/mol. The number of nitrogens with one attached hydrogen (secondary N) is 1. The molecule has 21 heavy (non-hydrogen) atoms. The summed E-state index contributed by atoms with van der Waals surface area (Å²) in [6.45, 7) is 3.35. The molecule has 1 unspecified atom stereocenters. The maximum atomic E-state index is 5.90. The van der Waals surface area contributed by atoms with Crippen molar-refractivity contribution >= 4 is 28.1 Å². The van der Waals surface area contributed by atoms with Crippen LogP contribution < -0.4 is 5.32 Å². The quantitative estimate of drug-likeness (QED) is 0.933. The Bertz CT molecular complexity index is 584. The number of hydrogen-bond acceptors (Lipinski definition) is 5. The van der Waals surface area contributed by atoms with Crippen molar-refractivity contribution < 1.29 is 0 Å². The highest BCUT2D eigenvalue weighted by molar-refractivity contribution is 7.18. The summed E-state index contributed by atoms with van der Waals surface area (Å²) in [4.78, 5) is 2.40. The van der Waals surface area contributed by atoms with Gasteiger partial charge >= 0.3 is 0 Å². The van der Waals surface area contributed by atoms with Gasteiger partial charge in [0.25, 0.3) is 0 Å². The molecule has 4 nitrogen and oxygen atoms in total. The predicted octanol–water partition coefficient (Wildman–Crippen LogP) is 3.61. The van der Waals surface area contributed by atoms with E-state index in [1.807, 2.05) is 24.3 Å². The monoisotopic (exact) mass is 322 g/mol. The third-order valence-corrected chi connectivity index (χ3v) is 4.96. The van der Waals surface area contributed by atoms with Crippen LogP contribution in [-0.2, 0) is 0 Å². The lowest BCUT2D eigenvalue weighted by atomic mass is 9.99. The minimum Gasteiger partial charge on any atom is -0.360 e. The summed E-state index contributed by atoms with van der Waals surface area (Å²) in [7, 11) is 2.19. The molecule has 0 radical (unpaired) electrons. The van der Waals surface area contributed by atoms with Crippen LogP contribution in [0.3, 0.4) is 0 Å². The molecule has 1 aliphatic rings.